The molecule has 2 aromatic carbocycles. The first-order valence-electron chi connectivity index (χ1n) is 12.3. The quantitative estimate of drug-likeness (QED) is 0.350. The lowest BCUT2D eigenvalue weighted by Gasteiger charge is -2.36. The van der Waals surface area contributed by atoms with Crippen LogP contribution in [0.4, 0.5) is 5.69 Å². The van der Waals surface area contributed by atoms with Crippen molar-refractivity contribution in [1.29, 1.82) is 0 Å². The Morgan fingerprint density at radius 1 is 0.974 bits per heavy atom. The second-order valence-electron chi connectivity index (χ2n) is 8.94. The summed E-state index contributed by atoms with van der Waals surface area (Å²) in [6.07, 6.45) is 0. The number of carbonyl (C=O) groups is 3. The lowest BCUT2D eigenvalue weighted by molar-refractivity contribution is -0.128. The monoisotopic (exact) mass is 574 g/mol. The maximum Gasteiger partial charge on any atom is 0.337 e. The number of sulfone groups is 1. The molecule has 2 amide bonds. The fourth-order valence-electron chi connectivity index (χ4n) is 4.31. The van der Waals surface area contributed by atoms with Crippen LogP contribution in [0.2, 0.25) is 0 Å². The molecule has 0 unspecified atom stereocenters. The van der Waals surface area contributed by atoms with Gasteiger partial charge in [-0.05, 0) is 30.3 Å². The predicted molar refractivity (Wildman–Crippen MR) is 147 cm³/mol. The minimum absolute atomic E-state index is 0.271. The minimum Gasteiger partial charge on any atom is -0.465 e. The van der Waals surface area contributed by atoms with E-state index in [0.717, 1.165) is 17.0 Å². The summed E-state index contributed by atoms with van der Waals surface area (Å²) in [7, 11) is -1.21. The lowest BCUT2D eigenvalue weighted by atomic mass is 10.2. The number of fused-ring (bicyclic) bond motifs is 1. The molecule has 39 heavy (non-hydrogen) atoms. The van der Waals surface area contributed by atoms with Gasteiger partial charge in [-0.2, -0.15) is 4.99 Å². The van der Waals surface area contributed by atoms with Gasteiger partial charge >= 0.3 is 5.97 Å². The summed E-state index contributed by atoms with van der Waals surface area (Å²) in [6, 6.07) is 14.7. The molecule has 1 aliphatic rings. The van der Waals surface area contributed by atoms with Crippen molar-refractivity contribution >= 4 is 54.9 Å². The number of carbonyl (C=O) groups excluding carboxylic acids is 3. The smallest absolute Gasteiger partial charge is 0.337 e. The van der Waals surface area contributed by atoms with Crippen LogP contribution in [0.25, 0.3) is 10.2 Å². The van der Waals surface area contributed by atoms with Gasteiger partial charge in [0.15, 0.2) is 14.6 Å². The molecule has 3 aromatic rings. The van der Waals surface area contributed by atoms with E-state index < -0.39 is 39.1 Å². The van der Waals surface area contributed by atoms with Crippen LogP contribution in [-0.2, 0) is 35.4 Å². The lowest BCUT2D eigenvalue weighted by Crippen LogP contribution is -2.50. The number of anilines is 1. The maximum absolute atomic E-state index is 12.7. The van der Waals surface area contributed by atoms with Crippen LogP contribution in [-0.4, -0.2) is 94.2 Å². The number of aromatic nitrogens is 1. The molecule has 1 aromatic heterocycles. The van der Waals surface area contributed by atoms with E-state index in [1.54, 1.807) is 22.8 Å². The summed E-state index contributed by atoms with van der Waals surface area (Å²) in [6.45, 7) is 2.67. The van der Waals surface area contributed by atoms with Crippen molar-refractivity contribution in [3.8, 4) is 0 Å². The Labute approximate surface area is 230 Å². The van der Waals surface area contributed by atoms with E-state index in [0.29, 0.717) is 55.1 Å². The zero-order chi connectivity index (χ0) is 28.0. The first kappa shape index (κ1) is 28.5. The summed E-state index contributed by atoms with van der Waals surface area (Å²) < 4.78 is 37.8. The highest BCUT2D eigenvalue weighted by Crippen LogP contribution is 2.20. The van der Waals surface area contributed by atoms with Crippen LogP contribution in [0, 0.1) is 0 Å². The zero-order valence-corrected chi connectivity index (χ0v) is 23.4. The van der Waals surface area contributed by atoms with Gasteiger partial charge in [0, 0.05) is 45.5 Å². The van der Waals surface area contributed by atoms with Crippen molar-refractivity contribution in [2.45, 2.75) is 6.54 Å². The largest absolute Gasteiger partial charge is 0.465 e. The minimum atomic E-state index is -4.03. The third kappa shape index (κ3) is 7.11. The average Bonchev–Trinajstić information content (AvgIpc) is 3.26. The van der Waals surface area contributed by atoms with E-state index in [4.69, 9.17) is 9.47 Å². The van der Waals surface area contributed by atoms with Gasteiger partial charge in [0.2, 0.25) is 5.91 Å². The van der Waals surface area contributed by atoms with Crippen molar-refractivity contribution in [3.63, 3.8) is 0 Å². The van der Waals surface area contributed by atoms with Crippen LogP contribution >= 0.6 is 11.3 Å². The second kappa shape index (κ2) is 12.5. The molecule has 0 aliphatic carbocycles. The van der Waals surface area contributed by atoms with Crippen molar-refractivity contribution in [3.05, 3.63) is 58.9 Å². The molecule has 0 bridgehead atoms. The molecule has 1 saturated heterocycles. The van der Waals surface area contributed by atoms with Crippen LogP contribution in [0.5, 0.6) is 0 Å². The topological polar surface area (TPSA) is 128 Å². The van der Waals surface area contributed by atoms with Gasteiger partial charge in [0.25, 0.3) is 5.91 Å². The molecule has 0 N–H and O–H groups in total. The van der Waals surface area contributed by atoms with Gasteiger partial charge in [-0.15, -0.1) is 0 Å². The SMILES string of the molecule is COCCn1c(=NC(=O)CS(=O)(=O)CC(=O)N2CCN(c3ccccc3)CC2)sc2cc(C(=O)OC)ccc21. The number of rotatable bonds is 9. The van der Waals surface area contributed by atoms with Gasteiger partial charge in [-0.1, -0.05) is 29.5 Å². The highest BCUT2D eigenvalue weighted by atomic mass is 32.2. The van der Waals surface area contributed by atoms with Crippen molar-refractivity contribution in [1.82, 2.24) is 9.47 Å². The molecule has 11 nitrogen and oxygen atoms in total. The van der Waals surface area contributed by atoms with Crippen molar-refractivity contribution in [2.24, 2.45) is 4.99 Å². The number of para-hydroxylation sites is 1. The van der Waals surface area contributed by atoms with E-state index in [-0.39, 0.29) is 4.80 Å². The predicted octanol–water partition coefficient (Wildman–Crippen LogP) is 1.33. The number of amides is 2. The maximum atomic E-state index is 12.7. The molecule has 1 aliphatic heterocycles. The number of hydrogen-bond donors (Lipinski definition) is 0. The van der Waals surface area contributed by atoms with Crippen LogP contribution in [0.1, 0.15) is 10.4 Å². The molecule has 0 atom stereocenters. The second-order valence-corrected chi connectivity index (χ2v) is 12.0. The Balaban J connectivity index is 1.44. The van der Waals surface area contributed by atoms with Crippen molar-refractivity contribution < 1.29 is 32.3 Å². The number of hydrogen-bond acceptors (Lipinski definition) is 9. The zero-order valence-electron chi connectivity index (χ0n) is 21.7. The summed E-state index contributed by atoms with van der Waals surface area (Å²) in [5, 5.41) is 0. The Morgan fingerprint density at radius 3 is 2.36 bits per heavy atom. The number of thiazole rings is 1. The molecule has 0 spiro atoms. The number of esters is 1. The normalized spacial score (nSPS) is 14.6. The Hall–Kier alpha value is -3.55. The van der Waals surface area contributed by atoms with E-state index in [1.165, 1.54) is 19.1 Å². The molecule has 0 saturated carbocycles. The van der Waals surface area contributed by atoms with Gasteiger partial charge in [-0.25, -0.2) is 13.2 Å². The fraction of sp³-hybridized carbons (Fsp3) is 0.385. The highest BCUT2D eigenvalue weighted by molar-refractivity contribution is 7.92. The standard InChI is InChI=1S/C26H30N4O7S2/c1-36-15-14-30-21-9-8-19(25(33)37-2)16-22(21)38-26(30)27-23(31)17-39(34,35)18-24(32)29-12-10-28(11-13-29)20-6-4-3-5-7-20/h3-9,16H,10-15,17-18H2,1-2H3. The van der Waals surface area contributed by atoms with E-state index in [2.05, 4.69) is 9.89 Å². The molecule has 1 fully saturated rings. The van der Waals surface area contributed by atoms with Gasteiger partial charge in [0.05, 0.1) is 29.5 Å². The summed E-state index contributed by atoms with van der Waals surface area (Å²) in [5.41, 5.74) is 2.10. The summed E-state index contributed by atoms with van der Waals surface area (Å²) in [5.74, 6) is -3.53. The van der Waals surface area contributed by atoms with E-state index in [1.807, 2.05) is 30.3 Å². The molecule has 13 heteroatoms. The van der Waals surface area contributed by atoms with E-state index in [9.17, 15) is 22.8 Å². The number of ether oxygens (including phenoxy) is 2. The first-order valence-corrected chi connectivity index (χ1v) is 14.9. The van der Waals surface area contributed by atoms with Crippen molar-refractivity contribution in [2.75, 3.05) is 63.4 Å². The number of nitrogens with zero attached hydrogens (tertiary/aromatic N) is 4. The van der Waals surface area contributed by atoms with Crippen LogP contribution in [0.15, 0.2) is 53.5 Å². The Kier molecular flexibility index (Phi) is 9.15. The van der Waals surface area contributed by atoms with Gasteiger partial charge in [-0.3, -0.25) is 9.59 Å². The third-order valence-corrected chi connectivity index (χ3v) is 8.70. The van der Waals surface area contributed by atoms with Gasteiger partial charge < -0.3 is 23.8 Å². The summed E-state index contributed by atoms with van der Waals surface area (Å²) in [4.78, 5) is 45.3. The molecular weight excluding hydrogens is 544 g/mol. The number of benzene rings is 2. The first-order chi connectivity index (χ1) is 18.7. The van der Waals surface area contributed by atoms with Crippen LogP contribution < -0.4 is 9.70 Å². The Morgan fingerprint density at radius 2 is 1.69 bits per heavy atom. The number of methoxy groups -OCH3 is 2. The summed E-state index contributed by atoms with van der Waals surface area (Å²) >= 11 is 1.14. The molecule has 0 radical (unpaired) electrons. The van der Waals surface area contributed by atoms with E-state index >= 15 is 0 Å². The average molecular weight is 575 g/mol. The molecule has 4 rings (SSSR count). The third-order valence-electron chi connectivity index (χ3n) is 6.28. The molecule has 2 heterocycles. The fourth-order valence-corrected chi connectivity index (χ4v) is 6.53. The molecular formula is C26H30N4O7S2. The van der Waals surface area contributed by atoms with Crippen LogP contribution in [0.3, 0.4) is 0 Å². The highest BCUT2D eigenvalue weighted by Gasteiger charge is 2.27. The Bertz CT molecular complexity index is 1520. The number of piperazine rings is 1. The van der Waals surface area contributed by atoms with Gasteiger partial charge in [0.1, 0.15) is 11.5 Å². The molecule has 208 valence electrons.